The van der Waals surface area contributed by atoms with Crippen LogP contribution in [-0.4, -0.2) is 47.3 Å². The first-order valence-electron chi connectivity index (χ1n) is 8.39. The van der Waals surface area contributed by atoms with Crippen LogP contribution < -0.4 is 10.5 Å². The Morgan fingerprint density at radius 2 is 2.11 bits per heavy atom. The van der Waals surface area contributed by atoms with Crippen molar-refractivity contribution in [1.29, 1.82) is 0 Å². The summed E-state index contributed by atoms with van der Waals surface area (Å²) in [5.74, 6) is -0.00229. The van der Waals surface area contributed by atoms with Gasteiger partial charge in [0.2, 0.25) is 0 Å². The van der Waals surface area contributed by atoms with Gasteiger partial charge in [0.25, 0.3) is 0 Å². The number of nitrogens with one attached hydrogen (secondary N) is 1. The largest absolute Gasteiger partial charge is 0.434 e. The maximum absolute atomic E-state index is 13.0. The van der Waals surface area contributed by atoms with Crippen LogP contribution in [0.25, 0.3) is 10.9 Å². The van der Waals surface area contributed by atoms with Crippen molar-refractivity contribution < 1.29 is 13.5 Å². The molecular weight excluding hydrogens is 456 g/mol. The fourth-order valence-corrected chi connectivity index (χ4v) is 3.58. The molecule has 0 saturated carbocycles. The number of H-pyrrole nitrogens is 1. The van der Waals surface area contributed by atoms with Crippen molar-refractivity contribution in [2.24, 2.45) is 5.73 Å². The number of benzene rings is 1. The third-order valence-corrected chi connectivity index (χ3v) is 5.13. The maximum atomic E-state index is 13.0. The summed E-state index contributed by atoms with van der Waals surface area (Å²) in [7, 11) is 3.81. The Hall–Kier alpha value is -1.81. The topological polar surface area (TPSA) is 80.1 Å². The zero-order chi connectivity index (χ0) is 20.5. The summed E-state index contributed by atoms with van der Waals surface area (Å²) in [6, 6.07) is 6.40. The van der Waals surface area contributed by atoms with Gasteiger partial charge in [-0.25, -0.2) is 4.98 Å². The molecule has 3 aromatic rings. The number of hydrogen-bond donors (Lipinski definition) is 2. The average molecular weight is 475 g/mol. The van der Waals surface area contributed by atoms with Crippen molar-refractivity contribution >= 4 is 38.4 Å². The molecule has 2 aromatic heterocycles. The summed E-state index contributed by atoms with van der Waals surface area (Å²) in [6.07, 6.45) is 1.97. The Balaban J connectivity index is 2.22. The smallest absolute Gasteiger partial charge is 0.387 e. The van der Waals surface area contributed by atoms with Crippen molar-refractivity contribution in [2.75, 3.05) is 20.6 Å². The second kappa shape index (κ2) is 8.28. The number of halogens is 4. The van der Waals surface area contributed by atoms with Gasteiger partial charge in [0.15, 0.2) is 0 Å². The number of ether oxygens (including phenoxy) is 1. The van der Waals surface area contributed by atoms with E-state index in [0.29, 0.717) is 44.8 Å². The molecule has 10 heteroatoms. The van der Waals surface area contributed by atoms with Gasteiger partial charge in [-0.2, -0.15) is 13.9 Å². The number of pyridine rings is 1. The van der Waals surface area contributed by atoms with E-state index in [0.717, 1.165) is 0 Å². The molecule has 150 valence electrons. The third-order valence-electron chi connectivity index (χ3n) is 4.43. The van der Waals surface area contributed by atoms with E-state index < -0.39 is 12.2 Å². The van der Waals surface area contributed by atoms with Crippen LogP contribution in [0.5, 0.6) is 5.75 Å². The van der Waals surface area contributed by atoms with E-state index in [1.54, 1.807) is 24.4 Å². The molecule has 28 heavy (non-hydrogen) atoms. The number of nitrogens with two attached hydrogens (primary N) is 1. The first-order chi connectivity index (χ1) is 13.2. The summed E-state index contributed by atoms with van der Waals surface area (Å²) >= 11 is 9.35. The lowest BCUT2D eigenvalue weighted by atomic mass is 9.82. The second-order valence-corrected chi connectivity index (χ2v) is 7.97. The van der Waals surface area contributed by atoms with E-state index in [4.69, 9.17) is 22.1 Å². The first-order valence-corrected chi connectivity index (χ1v) is 9.56. The Labute approximate surface area is 174 Å². The number of alkyl halides is 2. The highest BCUT2D eigenvalue weighted by atomic mass is 79.9. The van der Waals surface area contributed by atoms with Crippen LogP contribution in [0.3, 0.4) is 0 Å². The van der Waals surface area contributed by atoms with E-state index in [-0.39, 0.29) is 5.75 Å². The molecule has 1 unspecified atom stereocenters. The van der Waals surface area contributed by atoms with Crippen LogP contribution in [0.2, 0.25) is 5.15 Å². The predicted octanol–water partition coefficient (Wildman–Crippen LogP) is 4.13. The van der Waals surface area contributed by atoms with Crippen molar-refractivity contribution in [2.45, 2.75) is 18.6 Å². The molecule has 2 heterocycles. The lowest BCUT2D eigenvalue weighted by Crippen LogP contribution is -2.41. The lowest BCUT2D eigenvalue weighted by molar-refractivity contribution is -0.0509. The van der Waals surface area contributed by atoms with Crippen molar-refractivity contribution in [3.05, 3.63) is 51.3 Å². The molecule has 0 spiro atoms. The highest BCUT2D eigenvalue weighted by Gasteiger charge is 2.37. The monoisotopic (exact) mass is 473 g/mol. The number of aromatic amines is 1. The molecule has 0 aliphatic rings. The standard InChI is InChI=1S/C18H19BrClF2N5O/c1-27(2)6-5-18(23,12-7-10(19)3-4-14(12)28-17(21)22)16-11-9-24-15(20)8-13(11)25-26-16/h3-4,7-9,17H,5-6,23H2,1-2H3,(H,25,26). The van der Waals surface area contributed by atoms with Gasteiger partial charge in [-0.1, -0.05) is 27.5 Å². The van der Waals surface area contributed by atoms with Crippen molar-refractivity contribution in [1.82, 2.24) is 20.1 Å². The van der Waals surface area contributed by atoms with Gasteiger partial charge >= 0.3 is 6.61 Å². The normalized spacial score (nSPS) is 14.0. The molecule has 0 bridgehead atoms. The number of aromatic nitrogens is 3. The molecule has 1 atom stereocenters. The molecule has 6 nitrogen and oxygen atoms in total. The lowest BCUT2D eigenvalue weighted by Gasteiger charge is -2.31. The van der Waals surface area contributed by atoms with E-state index in [2.05, 4.69) is 31.1 Å². The molecule has 0 radical (unpaired) electrons. The van der Waals surface area contributed by atoms with Crippen molar-refractivity contribution in [3.8, 4) is 5.75 Å². The van der Waals surface area contributed by atoms with E-state index in [9.17, 15) is 8.78 Å². The van der Waals surface area contributed by atoms with Gasteiger partial charge in [-0.3, -0.25) is 5.10 Å². The summed E-state index contributed by atoms with van der Waals surface area (Å²) in [4.78, 5) is 6.07. The first kappa shape index (κ1) is 20.9. The minimum absolute atomic E-state index is 0.00229. The Kier molecular flexibility index (Phi) is 6.18. The number of fused-ring (bicyclic) bond motifs is 1. The van der Waals surface area contributed by atoms with E-state index in [1.807, 2.05) is 19.0 Å². The van der Waals surface area contributed by atoms with Gasteiger partial charge in [0.1, 0.15) is 10.9 Å². The molecule has 0 fully saturated rings. The van der Waals surface area contributed by atoms with Gasteiger partial charge in [0.05, 0.1) is 16.7 Å². The van der Waals surface area contributed by atoms with Crippen LogP contribution in [-0.2, 0) is 5.54 Å². The molecule has 0 aliphatic heterocycles. The Morgan fingerprint density at radius 3 is 2.79 bits per heavy atom. The van der Waals surface area contributed by atoms with Crippen LogP contribution in [0.4, 0.5) is 8.78 Å². The molecule has 0 amide bonds. The second-order valence-electron chi connectivity index (χ2n) is 6.67. The summed E-state index contributed by atoms with van der Waals surface area (Å²) < 4.78 is 31.5. The highest BCUT2D eigenvalue weighted by Crippen LogP contribution is 2.40. The SMILES string of the molecule is CN(C)CCC(N)(c1cc(Br)ccc1OC(F)F)c1n[nH]c2cc(Cl)ncc12. The molecule has 3 rings (SSSR count). The summed E-state index contributed by atoms with van der Waals surface area (Å²) in [6.45, 7) is -2.39. The predicted molar refractivity (Wildman–Crippen MR) is 108 cm³/mol. The average Bonchev–Trinajstić information content (AvgIpc) is 3.04. The number of nitrogens with zero attached hydrogens (tertiary/aromatic N) is 3. The fourth-order valence-electron chi connectivity index (χ4n) is 3.06. The molecule has 0 aliphatic carbocycles. The fraction of sp³-hybridized carbons (Fsp3) is 0.333. The maximum Gasteiger partial charge on any atom is 0.387 e. The quantitative estimate of drug-likeness (QED) is 0.503. The van der Waals surface area contributed by atoms with Gasteiger partial charge in [0, 0.05) is 27.7 Å². The zero-order valence-electron chi connectivity index (χ0n) is 15.2. The number of rotatable bonds is 7. The number of hydrogen-bond acceptors (Lipinski definition) is 5. The van der Waals surface area contributed by atoms with E-state index in [1.165, 1.54) is 6.07 Å². The van der Waals surface area contributed by atoms with E-state index >= 15 is 0 Å². The minimum atomic E-state index is -2.98. The van der Waals surface area contributed by atoms with Gasteiger partial charge < -0.3 is 15.4 Å². The summed E-state index contributed by atoms with van der Waals surface area (Å²) in [5, 5.41) is 8.25. The minimum Gasteiger partial charge on any atom is -0.434 e. The molecule has 0 saturated heterocycles. The summed E-state index contributed by atoms with van der Waals surface area (Å²) in [5.41, 5.74) is 7.18. The van der Waals surface area contributed by atoms with Crippen LogP contribution in [0.1, 0.15) is 17.7 Å². The van der Waals surface area contributed by atoms with Gasteiger partial charge in [-0.05, 0) is 45.3 Å². The van der Waals surface area contributed by atoms with Crippen molar-refractivity contribution in [3.63, 3.8) is 0 Å². The molecule has 1 aromatic carbocycles. The van der Waals surface area contributed by atoms with Gasteiger partial charge in [-0.15, -0.1) is 0 Å². The third kappa shape index (κ3) is 4.27. The highest BCUT2D eigenvalue weighted by molar-refractivity contribution is 9.10. The zero-order valence-corrected chi connectivity index (χ0v) is 17.6. The van der Waals surface area contributed by atoms with Crippen LogP contribution >= 0.6 is 27.5 Å². The van der Waals surface area contributed by atoms with Crippen LogP contribution in [0, 0.1) is 0 Å². The Bertz CT molecular complexity index is 984. The molecule has 3 N–H and O–H groups in total. The Morgan fingerprint density at radius 1 is 1.36 bits per heavy atom. The van der Waals surface area contributed by atoms with Crippen LogP contribution in [0.15, 0.2) is 34.9 Å². The molecular formula is C18H19BrClF2N5O.